The van der Waals surface area contributed by atoms with Gasteiger partial charge in [-0.3, -0.25) is 4.79 Å². The molecule has 1 atom stereocenters. The van der Waals surface area contributed by atoms with E-state index in [1.807, 2.05) is 31.2 Å². The molecule has 0 fully saturated rings. The number of hydrogen-bond donors (Lipinski definition) is 2. The Morgan fingerprint density at radius 3 is 2.72 bits per heavy atom. The lowest BCUT2D eigenvalue weighted by Gasteiger charge is -2.15. The lowest BCUT2D eigenvalue weighted by atomic mass is 10.1. The minimum atomic E-state index is -0.164. The molecule has 1 heterocycles. The fraction of sp³-hybridized carbons (Fsp3) is 0.214. The average molecular weight is 244 g/mol. The number of nitrogens with two attached hydrogens (primary N) is 1. The first-order valence-corrected chi connectivity index (χ1v) is 5.78. The summed E-state index contributed by atoms with van der Waals surface area (Å²) in [5.74, 6) is 0.551. The SMILES string of the molecule is Cc1cc(C(=O)NC(C)c2ccccc2N)co1. The van der Waals surface area contributed by atoms with Gasteiger partial charge >= 0.3 is 0 Å². The zero-order valence-electron chi connectivity index (χ0n) is 10.4. The van der Waals surface area contributed by atoms with E-state index in [2.05, 4.69) is 5.32 Å². The summed E-state index contributed by atoms with van der Waals surface area (Å²) < 4.78 is 5.11. The van der Waals surface area contributed by atoms with Crippen molar-refractivity contribution in [2.75, 3.05) is 5.73 Å². The molecular formula is C14H16N2O2. The van der Waals surface area contributed by atoms with Gasteiger partial charge in [-0.05, 0) is 31.5 Å². The second-order valence-electron chi connectivity index (χ2n) is 4.27. The molecule has 3 N–H and O–H groups in total. The van der Waals surface area contributed by atoms with Crippen LogP contribution in [0, 0.1) is 6.92 Å². The summed E-state index contributed by atoms with van der Waals surface area (Å²) in [5, 5.41) is 2.89. The fourth-order valence-electron chi connectivity index (χ4n) is 1.83. The summed E-state index contributed by atoms with van der Waals surface area (Å²) in [6.07, 6.45) is 1.45. The molecule has 0 aliphatic heterocycles. The van der Waals surface area contributed by atoms with Crippen LogP contribution < -0.4 is 11.1 Å². The van der Waals surface area contributed by atoms with Crippen molar-refractivity contribution in [2.24, 2.45) is 0 Å². The highest BCUT2D eigenvalue weighted by Gasteiger charge is 2.14. The number of carbonyl (C=O) groups is 1. The van der Waals surface area contributed by atoms with Crippen molar-refractivity contribution in [1.29, 1.82) is 0 Å². The number of furan rings is 1. The third-order valence-electron chi connectivity index (χ3n) is 2.80. The Kier molecular flexibility index (Phi) is 3.37. The second kappa shape index (κ2) is 4.96. The number of aryl methyl sites for hydroxylation is 1. The van der Waals surface area contributed by atoms with E-state index in [0.29, 0.717) is 17.0 Å². The van der Waals surface area contributed by atoms with Gasteiger partial charge in [0.05, 0.1) is 11.6 Å². The zero-order valence-corrected chi connectivity index (χ0v) is 10.4. The molecule has 0 saturated heterocycles. The van der Waals surface area contributed by atoms with Crippen molar-refractivity contribution in [2.45, 2.75) is 19.9 Å². The van der Waals surface area contributed by atoms with E-state index >= 15 is 0 Å². The van der Waals surface area contributed by atoms with Crippen LogP contribution in [0.4, 0.5) is 5.69 Å². The van der Waals surface area contributed by atoms with Crippen molar-refractivity contribution in [3.05, 3.63) is 53.5 Å². The van der Waals surface area contributed by atoms with E-state index in [1.165, 1.54) is 6.26 Å². The lowest BCUT2D eigenvalue weighted by Crippen LogP contribution is -2.26. The molecule has 4 heteroatoms. The number of benzene rings is 1. The highest BCUT2D eigenvalue weighted by atomic mass is 16.3. The maximum Gasteiger partial charge on any atom is 0.255 e. The third-order valence-corrected chi connectivity index (χ3v) is 2.80. The van der Waals surface area contributed by atoms with Gasteiger partial charge in [-0.25, -0.2) is 0 Å². The second-order valence-corrected chi connectivity index (χ2v) is 4.27. The van der Waals surface area contributed by atoms with Gasteiger partial charge in [-0.2, -0.15) is 0 Å². The number of carbonyl (C=O) groups excluding carboxylic acids is 1. The van der Waals surface area contributed by atoms with Crippen LogP contribution in [0.5, 0.6) is 0 Å². The van der Waals surface area contributed by atoms with Gasteiger partial charge in [0.1, 0.15) is 12.0 Å². The number of rotatable bonds is 3. The first-order chi connectivity index (χ1) is 8.58. The van der Waals surface area contributed by atoms with Crippen molar-refractivity contribution in [1.82, 2.24) is 5.32 Å². The summed E-state index contributed by atoms with van der Waals surface area (Å²) >= 11 is 0. The van der Waals surface area contributed by atoms with Crippen molar-refractivity contribution in [3.8, 4) is 0 Å². The van der Waals surface area contributed by atoms with Gasteiger partial charge in [0, 0.05) is 5.69 Å². The largest absolute Gasteiger partial charge is 0.469 e. The number of nitrogens with one attached hydrogen (secondary N) is 1. The van der Waals surface area contributed by atoms with Gasteiger partial charge in [0.25, 0.3) is 5.91 Å². The summed E-state index contributed by atoms with van der Waals surface area (Å²) in [5.41, 5.74) is 7.98. The molecule has 0 spiro atoms. The van der Waals surface area contributed by atoms with Crippen LogP contribution in [-0.2, 0) is 0 Å². The van der Waals surface area contributed by atoms with Gasteiger partial charge in [-0.1, -0.05) is 18.2 Å². The normalized spacial score (nSPS) is 12.1. The highest BCUT2D eigenvalue weighted by Crippen LogP contribution is 2.20. The predicted octanol–water partition coefficient (Wildman–Crippen LogP) is 2.66. The minimum Gasteiger partial charge on any atom is -0.469 e. The van der Waals surface area contributed by atoms with E-state index in [9.17, 15) is 4.79 Å². The van der Waals surface area contributed by atoms with Crippen molar-refractivity contribution >= 4 is 11.6 Å². The molecule has 94 valence electrons. The third kappa shape index (κ3) is 2.53. The van der Waals surface area contributed by atoms with E-state index in [1.54, 1.807) is 13.0 Å². The Balaban J connectivity index is 2.10. The Morgan fingerprint density at radius 1 is 1.39 bits per heavy atom. The monoisotopic (exact) mass is 244 g/mol. The number of anilines is 1. The Labute approximate surface area is 106 Å². The van der Waals surface area contributed by atoms with Gasteiger partial charge in [-0.15, -0.1) is 0 Å². The maximum atomic E-state index is 11.9. The molecule has 18 heavy (non-hydrogen) atoms. The number of amides is 1. The first-order valence-electron chi connectivity index (χ1n) is 5.78. The first kappa shape index (κ1) is 12.2. The molecular weight excluding hydrogens is 228 g/mol. The topological polar surface area (TPSA) is 68.3 Å². The van der Waals surface area contributed by atoms with Gasteiger partial charge in [0.15, 0.2) is 0 Å². The van der Waals surface area contributed by atoms with Crippen molar-refractivity contribution in [3.63, 3.8) is 0 Å². The molecule has 1 aromatic heterocycles. The van der Waals surface area contributed by atoms with Gasteiger partial charge in [0.2, 0.25) is 0 Å². The number of para-hydroxylation sites is 1. The van der Waals surface area contributed by atoms with Crippen LogP contribution in [0.2, 0.25) is 0 Å². The van der Waals surface area contributed by atoms with Gasteiger partial charge < -0.3 is 15.5 Å². The summed E-state index contributed by atoms with van der Waals surface area (Å²) in [6, 6.07) is 9.05. The van der Waals surface area contributed by atoms with Crippen LogP contribution >= 0.6 is 0 Å². The van der Waals surface area contributed by atoms with Crippen LogP contribution in [-0.4, -0.2) is 5.91 Å². The molecule has 0 aliphatic carbocycles. The molecule has 1 aromatic carbocycles. The molecule has 0 aliphatic rings. The van der Waals surface area contributed by atoms with E-state index in [4.69, 9.17) is 10.2 Å². The standard InChI is InChI=1S/C14H16N2O2/c1-9-7-11(8-18-9)14(17)16-10(2)12-5-3-4-6-13(12)15/h3-8,10H,15H2,1-2H3,(H,16,17). The molecule has 0 saturated carbocycles. The smallest absolute Gasteiger partial charge is 0.255 e. The number of hydrogen-bond acceptors (Lipinski definition) is 3. The molecule has 0 radical (unpaired) electrons. The Morgan fingerprint density at radius 2 is 2.11 bits per heavy atom. The highest BCUT2D eigenvalue weighted by molar-refractivity contribution is 5.94. The maximum absolute atomic E-state index is 11.9. The fourth-order valence-corrected chi connectivity index (χ4v) is 1.83. The van der Waals surface area contributed by atoms with E-state index in [-0.39, 0.29) is 11.9 Å². The summed E-state index contributed by atoms with van der Waals surface area (Å²) in [4.78, 5) is 11.9. The van der Waals surface area contributed by atoms with Crippen LogP contribution in [0.3, 0.4) is 0 Å². The molecule has 2 rings (SSSR count). The van der Waals surface area contributed by atoms with Crippen LogP contribution in [0.1, 0.15) is 34.6 Å². The summed E-state index contributed by atoms with van der Waals surface area (Å²) in [7, 11) is 0. The minimum absolute atomic E-state index is 0.145. The molecule has 1 amide bonds. The van der Waals surface area contributed by atoms with Crippen LogP contribution in [0.25, 0.3) is 0 Å². The van der Waals surface area contributed by atoms with Crippen LogP contribution in [0.15, 0.2) is 41.0 Å². The van der Waals surface area contributed by atoms with E-state index < -0.39 is 0 Å². The Hall–Kier alpha value is -2.23. The predicted molar refractivity (Wildman–Crippen MR) is 70.2 cm³/mol. The molecule has 0 bridgehead atoms. The Bertz CT molecular complexity index is 560. The molecule has 4 nitrogen and oxygen atoms in total. The lowest BCUT2D eigenvalue weighted by molar-refractivity contribution is 0.0939. The molecule has 2 aromatic rings. The average Bonchev–Trinajstić information content (AvgIpc) is 2.76. The zero-order chi connectivity index (χ0) is 13.1. The quantitative estimate of drug-likeness (QED) is 0.815. The summed E-state index contributed by atoms with van der Waals surface area (Å²) in [6.45, 7) is 3.70. The molecule has 1 unspecified atom stereocenters. The number of nitrogen functional groups attached to an aromatic ring is 1. The van der Waals surface area contributed by atoms with Crippen molar-refractivity contribution < 1.29 is 9.21 Å². The van der Waals surface area contributed by atoms with E-state index in [0.717, 1.165) is 5.56 Å².